The fraction of sp³-hybridized carbons (Fsp3) is 0.684. The summed E-state index contributed by atoms with van der Waals surface area (Å²) < 4.78 is 1.25. The van der Waals surface area contributed by atoms with E-state index in [1.54, 1.807) is 0 Å². The molecule has 0 aliphatic heterocycles. The van der Waals surface area contributed by atoms with Crippen LogP contribution >= 0.6 is 0 Å². The molecule has 0 bridgehead atoms. The predicted molar refractivity (Wildman–Crippen MR) is 97.7 cm³/mol. The zero-order valence-corrected chi connectivity index (χ0v) is 15.9. The number of hydrogen-bond donors (Lipinski definition) is 0. The Morgan fingerprint density at radius 1 is 0.762 bits per heavy atom. The van der Waals surface area contributed by atoms with Gasteiger partial charge in [-0.25, -0.2) is 0 Å². The van der Waals surface area contributed by atoms with Gasteiger partial charge in [-0.05, 0) is 38.9 Å². The monoisotopic (exact) mass is 303 g/mol. The van der Waals surface area contributed by atoms with Gasteiger partial charge in [0.15, 0.2) is 0 Å². The van der Waals surface area contributed by atoms with Gasteiger partial charge in [0.25, 0.3) is 0 Å². The third kappa shape index (κ3) is 13.1. The molecule has 2 heteroatoms. The normalized spacial score (nSPS) is 10.4. The van der Waals surface area contributed by atoms with Gasteiger partial charge in [0.1, 0.15) is 0 Å². The van der Waals surface area contributed by atoms with Gasteiger partial charge < -0.3 is 4.90 Å². The Morgan fingerprint density at radius 2 is 1.14 bits per heavy atom. The molecule has 1 aromatic rings. The molecule has 1 nitrogen and oxygen atoms in total. The third-order valence-corrected chi connectivity index (χ3v) is 3.95. The first-order valence-corrected chi connectivity index (χ1v) is 9.26. The molecule has 0 N–H and O–H groups in total. The molecule has 0 unspecified atom stereocenters. The molecule has 0 aliphatic rings. The van der Waals surface area contributed by atoms with E-state index in [0.717, 1.165) is 0 Å². The molecule has 0 aromatic heterocycles. The Balaban J connectivity index is 0.000000423. The van der Waals surface area contributed by atoms with E-state index in [1.807, 2.05) is 0 Å². The number of unbranched alkanes of at least 4 members (excludes halogenated alkanes) is 3. The van der Waals surface area contributed by atoms with Gasteiger partial charge in [0, 0.05) is 0 Å². The van der Waals surface area contributed by atoms with E-state index in [2.05, 4.69) is 73.2 Å². The molecule has 0 spiro atoms. The number of hydrogen-bond acceptors (Lipinski definition) is 1. The Bertz CT molecular complexity index is 281. The summed E-state index contributed by atoms with van der Waals surface area (Å²) in [6.07, 6.45) is 8.09. The van der Waals surface area contributed by atoms with E-state index in [1.165, 1.54) is 68.1 Å². The van der Waals surface area contributed by atoms with Gasteiger partial charge in [0.2, 0.25) is 0 Å². The van der Waals surface area contributed by atoms with Gasteiger partial charge in [-0.3, -0.25) is 0 Å². The van der Waals surface area contributed by atoms with Crippen LogP contribution in [0.4, 0.5) is 0 Å². The van der Waals surface area contributed by atoms with E-state index < -0.39 is 0 Å². The van der Waals surface area contributed by atoms with Crippen LogP contribution in [0.3, 0.4) is 0 Å². The maximum absolute atomic E-state index is 2.65. The summed E-state index contributed by atoms with van der Waals surface area (Å²) in [5.74, 6) is 0. The predicted octanol–water partition coefficient (Wildman–Crippen LogP) is 4.48. The molecular weight excluding hydrogens is 269 g/mol. The number of nitrogens with zero attached hydrogens (tertiary/aromatic N) is 1. The van der Waals surface area contributed by atoms with Gasteiger partial charge in [-0.1, -0.05) is 40.0 Å². The van der Waals surface area contributed by atoms with Crippen molar-refractivity contribution in [2.45, 2.75) is 66.2 Å². The van der Waals surface area contributed by atoms with Crippen molar-refractivity contribution in [3.05, 3.63) is 29.8 Å². The summed E-state index contributed by atoms with van der Waals surface area (Å²) in [5.41, 5.74) is 1.32. The van der Waals surface area contributed by atoms with Crippen molar-refractivity contribution in [3.63, 3.8) is 0 Å². The van der Waals surface area contributed by atoms with Gasteiger partial charge >= 0.3 is 57.5 Å². The van der Waals surface area contributed by atoms with Crippen molar-refractivity contribution in [2.75, 3.05) is 19.6 Å². The zero-order chi connectivity index (χ0) is 15.9. The van der Waals surface area contributed by atoms with E-state index in [-0.39, 0.29) is 0 Å². The van der Waals surface area contributed by atoms with Crippen molar-refractivity contribution < 1.29 is 0 Å². The van der Waals surface area contributed by atoms with E-state index in [9.17, 15) is 0 Å². The summed E-state index contributed by atoms with van der Waals surface area (Å²) in [6, 6.07) is 8.37. The standard InChI is InChI=1S/C12H27N.C7H7.Al/c1-4-7-10-13(11-8-5-2)12-9-6-3;1-7-5-3-2-4-6-7;/h4-12H2,1-3H3;3-6H,1H3;/q;;+2. The third-order valence-electron chi connectivity index (χ3n) is 3.56. The molecule has 1 aromatic carbocycles. The van der Waals surface area contributed by atoms with Crippen LogP contribution in [0.5, 0.6) is 0 Å². The first-order chi connectivity index (χ1) is 10.1. The van der Waals surface area contributed by atoms with Gasteiger partial charge in [0.05, 0.1) is 0 Å². The van der Waals surface area contributed by atoms with Crippen LogP contribution in [0.25, 0.3) is 0 Å². The fourth-order valence-corrected chi connectivity index (χ4v) is 2.24. The Labute approximate surface area is 141 Å². The van der Waals surface area contributed by atoms with Crippen LogP contribution in [0.2, 0.25) is 0 Å². The molecule has 0 saturated carbocycles. The molecule has 0 fully saturated rings. The minimum absolute atomic E-state index is 1.25. The Morgan fingerprint density at radius 3 is 1.43 bits per heavy atom. The van der Waals surface area contributed by atoms with E-state index >= 15 is 0 Å². The molecule has 0 amide bonds. The maximum atomic E-state index is 2.65. The van der Waals surface area contributed by atoms with E-state index in [0.29, 0.717) is 0 Å². The van der Waals surface area contributed by atoms with Crippen molar-refractivity contribution >= 4 is 20.7 Å². The minimum atomic E-state index is 1.25. The molecule has 116 valence electrons. The average molecular weight is 303 g/mol. The number of rotatable bonds is 9. The van der Waals surface area contributed by atoms with Crippen molar-refractivity contribution in [2.24, 2.45) is 0 Å². The number of aryl methyl sites for hydroxylation is 1. The Hall–Kier alpha value is -0.288. The summed E-state index contributed by atoms with van der Waals surface area (Å²) in [6.45, 7) is 12.9. The van der Waals surface area contributed by atoms with Crippen LogP contribution in [-0.4, -0.2) is 40.8 Å². The van der Waals surface area contributed by atoms with Crippen molar-refractivity contribution in [1.29, 1.82) is 0 Å². The SMILES string of the molecule is CCCCN(CCCC)CCCC.Cc1cc[c]([Al+2])cc1. The molecule has 21 heavy (non-hydrogen) atoms. The van der Waals surface area contributed by atoms with Crippen LogP contribution in [0, 0.1) is 6.92 Å². The molecule has 0 atom stereocenters. The topological polar surface area (TPSA) is 3.24 Å². The molecule has 0 radical (unpaired) electrons. The van der Waals surface area contributed by atoms with Crippen molar-refractivity contribution in [1.82, 2.24) is 4.90 Å². The van der Waals surface area contributed by atoms with E-state index in [4.69, 9.17) is 0 Å². The Kier molecular flexibility index (Phi) is 14.4. The second-order valence-corrected chi connectivity index (χ2v) is 6.48. The average Bonchev–Trinajstić information content (AvgIpc) is 2.50. The summed E-state index contributed by atoms with van der Waals surface area (Å²) in [7, 11) is 0. The van der Waals surface area contributed by atoms with Gasteiger partial charge in [-0.15, -0.1) is 0 Å². The molecule has 1 rings (SSSR count). The summed E-state index contributed by atoms with van der Waals surface area (Å²) in [4.78, 5) is 2.64. The molecule has 0 saturated heterocycles. The summed E-state index contributed by atoms with van der Waals surface area (Å²) in [5, 5.41) is 0. The number of benzene rings is 1. The first kappa shape index (κ1) is 20.7. The van der Waals surface area contributed by atoms with Crippen LogP contribution in [0.15, 0.2) is 24.3 Å². The molecule has 0 aliphatic carbocycles. The van der Waals surface area contributed by atoms with Crippen molar-refractivity contribution in [3.8, 4) is 0 Å². The second-order valence-electron chi connectivity index (χ2n) is 5.81. The van der Waals surface area contributed by atoms with Crippen LogP contribution in [-0.2, 0) is 0 Å². The molecular formula is C19H34AlN+2. The fourth-order valence-electron chi connectivity index (χ4n) is 2.05. The quantitative estimate of drug-likeness (QED) is 0.608. The summed E-state index contributed by atoms with van der Waals surface area (Å²) >= 11 is 2.65. The molecule has 0 heterocycles. The van der Waals surface area contributed by atoms with Crippen LogP contribution < -0.4 is 4.43 Å². The first-order valence-electron chi connectivity index (χ1n) is 8.68. The van der Waals surface area contributed by atoms with Gasteiger partial charge in [-0.2, -0.15) is 0 Å². The zero-order valence-electron chi connectivity index (χ0n) is 14.7. The van der Waals surface area contributed by atoms with Crippen LogP contribution in [0.1, 0.15) is 64.9 Å². The second kappa shape index (κ2) is 14.6.